The molecule has 0 radical (unpaired) electrons. The number of unbranched alkanes of at least 4 members (excludes halogenated alkanes) is 1. The molecule has 2 saturated heterocycles. The van der Waals surface area contributed by atoms with Crippen LogP contribution >= 0.6 is 0 Å². The number of carbonyl (C=O) groups excluding carboxylic acids is 3. The molecule has 1 aromatic carbocycles. The number of nitrogens with zero attached hydrogens (tertiary/aromatic N) is 2. The number of benzene rings is 1. The second kappa shape index (κ2) is 9.71. The third-order valence-corrected chi connectivity index (χ3v) is 5.74. The van der Waals surface area contributed by atoms with E-state index < -0.39 is 0 Å². The minimum absolute atomic E-state index is 0.0281. The number of rotatable bonds is 7. The Morgan fingerprint density at radius 3 is 2.54 bits per heavy atom. The van der Waals surface area contributed by atoms with Gasteiger partial charge in [-0.25, -0.2) is 0 Å². The van der Waals surface area contributed by atoms with Crippen LogP contribution in [-0.2, 0) is 20.9 Å². The summed E-state index contributed by atoms with van der Waals surface area (Å²) in [4.78, 5) is 40.7. The van der Waals surface area contributed by atoms with Crippen LogP contribution in [0, 0.1) is 5.92 Å². The predicted molar refractivity (Wildman–Crippen MR) is 107 cm³/mol. The summed E-state index contributed by atoms with van der Waals surface area (Å²) in [6.07, 6.45) is 4.45. The highest BCUT2D eigenvalue weighted by Crippen LogP contribution is 2.21. The molecule has 1 unspecified atom stereocenters. The molecule has 1 atom stereocenters. The minimum atomic E-state index is -0.277. The van der Waals surface area contributed by atoms with E-state index in [0.717, 1.165) is 31.2 Å². The van der Waals surface area contributed by atoms with Gasteiger partial charge in [-0.15, -0.1) is 0 Å². The van der Waals surface area contributed by atoms with Crippen LogP contribution < -0.4 is 5.32 Å². The third kappa shape index (κ3) is 5.33. The van der Waals surface area contributed by atoms with Crippen LogP contribution in [0.4, 0.5) is 0 Å². The number of nitrogens with one attached hydrogen (secondary N) is 1. The highest BCUT2D eigenvalue weighted by Gasteiger charge is 2.35. The molecular formula is C22H31N3O3. The highest BCUT2D eigenvalue weighted by atomic mass is 16.2. The molecule has 0 spiro atoms. The molecule has 2 aliphatic heterocycles. The molecule has 0 bridgehead atoms. The van der Waals surface area contributed by atoms with Crippen LogP contribution in [0.3, 0.4) is 0 Å². The quantitative estimate of drug-likeness (QED) is 0.783. The summed E-state index contributed by atoms with van der Waals surface area (Å²) in [7, 11) is 0. The predicted octanol–water partition coefficient (Wildman–Crippen LogP) is 2.33. The molecule has 2 fully saturated rings. The van der Waals surface area contributed by atoms with Crippen LogP contribution in [0.2, 0.25) is 0 Å². The summed E-state index contributed by atoms with van der Waals surface area (Å²) in [5, 5.41) is 3.11. The van der Waals surface area contributed by atoms with Crippen molar-refractivity contribution in [1.29, 1.82) is 0 Å². The van der Waals surface area contributed by atoms with Gasteiger partial charge in [0.25, 0.3) is 0 Å². The maximum atomic E-state index is 12.6. The van der Waals surface area contributed by atoms with Crippen molar-refractivity contribution in [3.05, 3.63) is 35.9 Å². The smallest absolute Gasteiger partial charge is 0.225 e. The number of hydrogen-bond donors (Lipinski definition) is 1. The SMILES string of the molecule is CCCCC(=O)N1CCC(NC(=O)C2CC(=O)N(Cc3ccccc3)C2)CC1. The molecule has 28 heavy (non-hydrogen) atoms. The van der Waals surface area contributed by atoms with Gasteiger partial charge >= 0.3 is 0 Å². The van der Waals surface area contributed by atoms with Crippen molar-refractivity contribution in [3.63, 3.8) is 0 Å². The summed E-state index contributed by atoms with van der Waals surface area (Å²) in [5.74, 6) is -0.0370. The maximum Gasteiger partial charge on any atom is 0.225 e. The zero-order valence-electron chi connectivity index (χ0n) is 16.7. The zero-order valence-corrected chi connectivity index (χ0v) is 16.7. The Balaban J connectivity index is 1.43. The summed E-state index contributed by atoms with van der Waals surface area (Å²) < 4.78 is 0. The Hall–Kier alpha value is -2.37. The second-order valence-corrected chi connectivity index (χ2v) is 7.93. The normalized spacial score (nSPS) is 20.5. The fraction of sp³-hybridized carbons (Fsp3) is 0.591. The monoisotopic (exact) mass is 385 g/mol. The van der Waals surface area contributed by atoms with E-state index in [0.29, 0.717) is 32.6 Å². The largest absolute Gasteiger partial charge is 0.353 e. The van der Waals surface area contributed by atoms with Gasteiger partial charge in [-0.2, -0.15) is 0 Å². The van der Waals surface area contributed by atoms with Crippen LogP contribution in [0.1, 0.15) is 51.0 Å². The number of amides is 3. The lowest BCUT2D eigenvalue weighted by atomic mass is 10.0. The second-order valence-electron chi connectivity index (χ2n) is 7.93. The van der Waals surface area contributed by atoms with Gasteiger partial charge in [0.15, 0.2) is 0 Å². The van der Waals surface area contributed by atoms with Crippen molar-refractivity contribution in [1.82, 2.24) is 15.1 Å². The molecule has 1 N–H and O–H groups in total. The van der Waals surface area contributed by atoms with E-state index in [9.17, 15) is 14.4 Å². The van der Waals surface area contributed by atoms with Crippen molar-refractivity contribution >= 4 is 17.7 Å². The van der Waals surface area contributed by atoms with E-state index in [1.165, 1.54) is 0 Å². The van der Waals surface area contributed by atoms with Gasteiger partial charge in [-0.1, -0.05) is 43.7 Å². The van der Waals surface area contributed by atoms with E-state index in [-0.39, 0.29) is 36.1 Å². The average Bonchev–Trinajstić information content (AvgIpc) is 3.08. The minimum Gasteiger partial charge on any atom is -0.353 e. The van der Waals surface area contributed by atoms with Crippen molar-refractivity contribution < 1.29 is 14.4 Å². The first-order valence-corrected chi connectivity index (χ1v) is 10.5. The number of carbonyl (C=O) groups is 3. The topological polar surface area (TPSA) is 69.7 Å². The van der Waals surface area contributed by atoms with Crippen molar-refractivity contribution in [2.24, 2.45) is 5.92 Å². The molecule has 2 heterocycles. The Morgan fingerprint density at radius 1 is 1.14 bits per heavy atom. The number of hydrogen-bond acceptors (Lipinski definition) is 3. The third-order valence-electron chi connectivity index (χ3n) is 5.74. The lowest BCUT2D eigenvalue weighted by Crippen LogP contribution is -2.48. The van der Waals surface area contributed by atoms with E-state index in [2.05, 4.69) is 12.2 Å². The molecule has 2 aliphatic rings. The molecular weight excluding hydrogens is 354 g/mol. The summed E-state index contributed by atoms with van der Waals surface area (Å²) in [5.41, 5.74) is 1.08. The summed E-state index contributed by atoms with van der Waals surface area (Å²) >= 11 is 0. The Kier molecular flexibility index (Phi) is 7.06. The van der Waals surface area contributed by atoms with E-state index in [1.54, 1.807) is 4.90 Å². The van der Waals surface area contributed by atoms with Crippen LogP contribution in [0.5, 0.6) is 0 Å². The highest BCUT2D eigenvalue weighted by molar-refractivity contribution is 5.89. The Bertz CT molecular complexity index is 684. The standard InChI is InChI=1S/C22H31N3O3/c1-2-3-9-20(26)24-12-10-19(11-13-24)23-22(28)18-14-21(27)25(16-18)15-17-7-5-4-6-8-17/h4-8,18-19H,2-3,9-16H2,1H3,(H,23,28). The van der Waals surface area contributed by atoms with Crippen LogP contribution in [0.25, 0.3) is 0 Å². The zero-order chi connectivity index (χ0) is 19.9. The lowest BCUT2D eigenvalue weighted by molar-refractivity contribution is -0.133. The lowest BCUT2D eigenvalue weighted by Gasteiger charge is -2.33. The van der Waals surface area contributed by atoms with Crippen molar-refractivity contribution in [2.45, 2.75) is 58.0 Å². The fourth-order valence-electron chi connectivity index (χ4n) is 3.98. The average molecular weight is 386 g/mol. The molecule has 1 aromatic rings. The number of likely N-dealkylation sites (tertiary alicyclic amines) is 2. The first-order chi connectivity index (χ1) is 13.6. The first-order valence-electron chi connectivity index (χ1n) is 10.5. The Labute approximate surface area is 167 Å². The fourth-order valence-corrected chi connectivity index (χ4v) is 3.98. The summed E-state index contributed by atoms with van der Waals surface area (Å²) in [6, 6.07) is 9.96. The molecule has 6 heteroatoms. The van der Waals surface area contributed by atoms with Crippen molar-refractivity contribution in [2.75, 3.05) is 19.6 Å². The molecule has 0 saturated carbocycles. The molecule has 152 valence electrons. The molecule has 0 aliphatic carbocycles. The molecule has 3 amide bonds. The van der Waals surface area contributed by atoms with Gasteiger partial charge in [0.05, 0.1) is 5.92 Å². The van der Waals surface area contributed by atoms with E-state index in [4.69, 9.17) is 0 Å². The van der Waals surface area contributed by atoms with Gasteiger partial charge in [0, 0.05) is 45.1 Å². The van der Waals surface area contributed by atoms with E-state index >= 15 is 0 Å². The maximum absolute atomic E-state index is 12.6. The summed E-state index contributed by atoms with van der Waals surface area (Å²) in [6.45, 7) is 4.54. The molecule has 6 nitrogen and oxygen atoms in total. The van der Waals surface area contributed by atoms with Crippen LogP contribution in [0.15, 0.2) is 30.3 Å². The van der Waals surface area contributed by atoms with Gasteiger partial charge in [0.1, 0.15) is 0 Å². The van der Waals surface area contributed by atoms with Crippen LogP contribution in [-0.4, -0.2) is 53.2 Å². The van der Waals surface area contributed by atoms with Gasteiger partial charge in [-0.05, 0) is 24.8 Å². The molecule has 3 rings (SSSR count). The Morgan fingerprint density at radius 2 is 1.86 bits per heavy atom. The van der Waals surface area contributed by atoms with Gasteiger partial charge in [-0.3, -0.25) is 14.4 Å². The number of piperidine rings is 1. The van der Waals surface area contributed by atoms with Gasteiger partial charge < -0.3 is 15.1 Å². The molecule has 0 aromatic heterocycles. The van der Waals surface area contributed by atoms with Gasteiger partial charge in [0.2, 0.25) is 17.7 Å². The van der Waals surface area contributed by atoms with E-state index in [1.807, 2.05) is 35.2 Å². The van der Waals surface area contributed by atoms with Crippen molar-refractivity contribution in [3.8, 4) is 0 Å². The first kappa shape index (κ1) is 20.4.